The predicted molar refractivity (Wildman–Crippen MR) is 121 cm³/mol. The molecule has 190 valence electrons. The number of unbranched alkanes of at least 4 members (excludes halogenated alkanes) is 1. The summed E-state index contributed by atoms with van der Waals surface area (Å²) in [5, 5.41) is 25.5. The molecule has 0 aromatic carbocycles. The molecule has 0 aromatic heterocycles. The van der Waals surface area contributed by atoms with Crippen LogP contribution in [0.4, 0.5) is 0 Å². The van der Waals surface area contributed by atoms with Gasteiger partial charge in [0.25, 0.3) is 0 Å². The fraction of sp³-hybridized carbons (Fsp3) is 0.762. The first-order valence-electron chi connectivity index (χ1n) is 11.2. The first-order valence-corrected chi connectivity index (χ1v) is 11.2. The van der Waals surface area contributed by atoms with Crippen LogP contribution in [0.25, 0.3) is 0 Å². The average Bonchev–Trinajstić information content (AvgIpc) is 2.74. The quantitative estimate of drug-likeness (QED) is 0.139. The number of nitrogens with two attached hydrogens (primary N) is 2. The first kappa shape index (κ1) is 30.3. The van der Waals surface area contributed by atoms with Crippen LogP contribution in [0.1, 0.15) is 59.8 Å². The summed E-state index contributed by atoms with van der Waals surface area (Å²) in [6.07, 6.45) is 0.916. The molecule has 0 aliphatic heterocycles. The first-order chi connectivity index (χ1) is 15.3. The maximum absolute atomic E-state index is 13.0. The van der Waals surface area contributed by atoms with Gasteiger partial charge in [-0.15, -0.1) is 0 Å². The van der Waals surface area contributed by atoms with Crippen LogP contribution in [-0.2, 0) is 24.0 Å². The fourth-order valence-corrected chi connectivity index (χ4v) is 2.92. The van der Waals surface area contributed by atoms with Crippen LogP contribution in [0.2, 0.25) is 0 Å². The molecule has 5 unspecified atom stereocenters. The van der Waals surface area contributed by atoms with Gasteiger partial charge < -0.3 is 37.6 Å². The number of nitrogens with one attached hydrogen (secondary N) is 3. The normalized spacial score (nSPS) is 15.6. The second-order valence-electron chi connectivity index (χ2n) is 8.48. The van der Waals surface area contributed by atoms with Crippen molar-refractivity contribution in [2.45, 2.75) is 84.0 Å². The van der Waals surface area contributed by atoms with Crippen molar-refractivity contribution in [3.8, 4) is 0 Å². The second kappa shape index (κ2) is 15.2. The molecule has 0 aliphatic carbocycles. The van der Waals surface area contributed by atoms with Gasteiger partial charge in [-0.05, 0) is 37.6 Å². The molecule has 0 aromatic rings. The number of carboxylic acid groups (broad SMARTS) is 2. The molecule has 0 radical (unpaired) electrons. The summed E-state index contributed by atoms with van der Waals surface area (Å²) in [5.74, 6) is -5.28. The number of carbonyl (C=O) groups excluding carboxylic acids is 3. The lowest BCUT2D eigenvalue weighted by Crippen LogP contribution is -2.59. The van der Waals surface area contributed by atoms with Crippen LogP contribution >= 0.6 is 0 Å². The maximum atomic E-state index is 13.0. The molecule has 5 atom stereocenters. The van der Waals surface area contributed by atoms with Crippen LogP contribution in [0, 0.1) is 11.8 Å². The number of hydrogen-bond donors (Lipinski definition) is 7. The summed E-state index contributed by atoms with van der Waals surface area (Å²) in [5.41, 5.74) is 11.4. The fourth-order valence-electron chi connectivity index (χ4n) is 2.92. The van der Waals surface area contributed by atoms with Gasteiger partial charge in [0.2, 0.25) is 17.7 Å². The van der Waals surface area contributed by atoms with E-state index >= 15 is 0 Å². The van der Waals surface area contributed by atoms with Crippen molar-refractivity contribution in [3.05, 3.63) is 0 Å². The highest BCUT2D eigenvalue weighted by Gasteiger charge is 2.33. The van der Waals surface area contributed by atoms with Gasteiger partial charge in [-0.3, -0.25) is 19.2 Å². The summed E-state index contributed by atoms with van der Waals surface area (Å²) < 4.78 is 0. The molecule has 0 aliphatic rings. The smallest absolute Gasteiger partial charge is 0.326 e. The number of amides is 3. The molecule has 9 N–H and O–H groups in total. The predicted octanol–water partition coefficient (Wildman–Crippen LogP) is -0.841. The maximum Gasteiger partial charge on any atom is 0.326 e. The highest BCUT2D eigenvalue weighted by atomic mass is 16.4. The molecular weight excluding hydrogens is 434 g/mol. The standard InChI is InChI=1S/C21H39N5O7/c1-5-12(4)17(26-19(30)16(23)11(2)3)20(31)24-13(8-6-7-9-22)18(29)25-14(21(32)33)10-15(27)28/h11-14,16-17H,5-10,22-23H2,1-4H3,(H,24,31)(H,25,29)(H,26,30)(H,27,28)(H,32,33). The Hall–Kier alpha value is -2.73. The number of carboxylic acids is 2. The van der Waals surface area contributed by atoms with Crippen LogP contribution in [0.15, 0.2) is 0 Å². The Morgan fingerprint density at radius 2 is 1.42 bits per heavy atom. The highest BCUT2D eigenvalue weighted by molar-refractivity contribution is 5.94. The highest BCUT2D eigenvalue weighted by Crippen LogP contribution is 2.11. The van der Waals surface area contributed by atoms with Crippen molar-refractivity contribution < 1.29 is 34.2 Å². The van der Waals surface area contributed by atoms with E-state index in [-0.39, 0.29) is 18.3 Å². The Kier molecular flexibility index (Phi) is 13.9. The van der Waals surface area contributed by atoms with E-state index in [1.807, 2.05) is 6.92 Å². The van der Waals surface area contributed by atoms with E-state index in [9.17, 15) is 29.1 Å². The SMILES string of the molecule is CCC(C)C(NC(=O)C(N)C(C)C)C(=O)NC(CCCCN)C(=O)NC(CC(=O)O)C(=O)O. The summed E-state index contributed by atoms with van der Waals surface area (Å²) in [6, 6.07) is -4.58. The molecule has 33 heavy (non-hydrogen) atoms. The molecule has 3 amide bonds. The average molecular weight is 474 g/mol. The largest absolute Gasteiger partial charge is 0.481 e. The van der Waals surface area contributed by atoms with Crippen molar-refractivity contribution in [2.75, 3.05) is 6.54 Å². The lowest BCUT2D eigenvalue weighted by molar-refractivity contribution is -0.147. The van der Waals surface area contributed by atoms with Gasteiger partial charge in [0.05, 0.1) is 12.5 Å². The molecule has 0 rings (SSSR count). The zero-order chi connectivity index (χ0) is 25.7. The van der Waals surface area contributed by atoms with Gasteiger partial charge in [-0.2, -0.15) is 0 Å². The second-order valence-corrected chi connectivity index (χ2v) is 8.48. The summed E-state index contributed by atoms with van der Waals surface area (Å²) in [4.78, 5) is 60.4. The Bertz CT molecular complexity index is 686. The van der Waals surface area contributed by atoms with Crippen molar-refractivity contribution in [1.82, 2.24) is 16.0 Å². The summed E-state index contributed by atoms with van der Waals surface area (Å²) in [7, 11) is 0. The number of aliphatic carboxylic acids is 2. The Labute approximate surface area is 194 Å². The minimum absolute atomic E-state index is 0.150. The molecule has 12 nitrogen and oxygen atoms in total. The minimum atomic E-state index is -1.65. The molecule has 0 saturated carbocycles. The van der Waals surface area contributed by atoms with Gasteiger partial charge in [0.1, 0.15) is 18.1 Å². The molecule has 12 heteroatoms. The van der Waals surface area contributed by atoms with E-state index in [2.05, 4.69) is 16.0 Å². The van der Waals surface area contributed by atoms with E-state index < -0.39 is 60.2 Å². The van der Waals surface area contributed by atoms with E-state index in [0.717, 1.165) is 0 Å². The van der Waals surface area contributed by atoms with Crippen molar-refractivity contribution in [3.63, 3.8) is 0 Å². The third-order valence-electron chi connectivity index (χ3n) is 5.39. The van der Waals surface area contributed by atoms with Crippen LogP contribution in [0.5, 0.6) is 0 Å². The Morgan fingerprint density at radius 1 is 0.848 bits per heavy atom. The molecule has 0 heterocycles. The number of hydrogen-bond acceptors (Lipinski definition) is 7. The van der Waals surface area contributed by atoms with Gasteiger partial charge in [-0.25, -0.2) is 4.79 Å². The minimum Gasteiger partial charge on any atom is -0.481 e. The Morgan fingerprint density at radius 3 is 1.88 bits per heavy atom. The molecular formula is C21H39N5O7. The number of rotatable bonds is 16. The Balaban J connectivity index is 5.59. The third-order valence-corrected chi connectivity index (χ3v) is 5.39. The van der Waals surface area contributed by atoms with Gasteiger partial charge >= 0.3 is 11.9 Å². The van der Waals surface area contributed by atoms with Gasteiger partial charge in [-0.1, -0.05) is 34.1 Å². The summed E-state index contributed by atoms with van der Waals surface area (Å²) in [6.45, 7) is 7.51. The van der Waals surface area contributed by atoms with Gasteiger partial charge in [0.15, 0.2) is 0 Å². The molecule has 0 fully saturated rings. The van der Waals surface area contributed by atoms with Crippen molar-refractivity contribution in [1.29, 1.82) is 0 Å². The van der Waals surface area contributed by atoms with Crippen LogP contribution in [0.3, 0.4) is 0 Å². The van der Waals surface area contributed by atoms with E-state index in [0.29, 0.717) is 25.8 Å². The van der Waals surface area contributed by atoms with Gasteiger partial charge in [0, 0.05) is 0 Å². The molecule has 0 spiro atoms. The zero-order valence-electron chi connectivity index (χ0n) is 19.8. The van der Waals surface area contributed by atoms with Crippen LogP contribution in [-0.4, -0.2) is 70.6 Å². The number of carbonyl (C=O) groups is 5. The van der Waals surface area contributed by atoms with Crippen LogP contribution < -0.4 is 27.4 Å². The lowest BCUT2D eigenvalue weighted by atomic mass is 9.96. The third kappa shape index (κ3) is 11.1. The van der Waals surface area contributed by atoms with E-state index in [1.54, 1.807) is 20.8 Å². The van der Waals surface area contributed by atoms with E-state index in [1.165, 1.54) is 0 Å². The zero-order valence-corrected chi connectivity index (χ0v) is 19.8. The van der Waals surface area contributed by atoms with Crippen molar-refractivity contribution >= 4 is 29.7 Å². The lowest BCUT2D eigenvalue weighted by Gasteiger charge is -2.28. The summed E-state index contributed by atoms with van der Waals surface area (Å²) >= 11 is 0. The monoisotopic (exact) mass is 473 g/mol. The molecule has 0 saturated heterocycles. The molecule has 0 bridgehead atoms. The van der Waals surface area contributed by atoms with E-state index in [4.69, 9.17) is 16.6 Å². The topological polar surface area (TPSA) is 214 Å². The van der Waals surface area contributed by atoms with Crippen molar-refractivity contribution in [2.24, 2.45) is 23.3 Å².